The zero-order chi connectivity index (χ0) is 64.4. The summed E-state index contributed by atoms with van der Waals surface area (Å²) in [5, 5.41) is 13.2. The molecule has 0 saturated carbocycles. The third-order valence-corrected chi connectivity index (χ3v) is 19.3. The number of fused-ring (bicyclic) bond motifs is 3. The van der Waals surface area contributed by atoms with Gasteiger partial charge in [-0.3, -0.25) is 67.6 Å². The minimum atomic E-state index is -5.94. The van der Waals surface area contributed by atoms with Crippen LogP contribution in [0.5, 0.6) is 0 Å². The van der Waals surface area contributed by atoms with Crippen LogP contribution in [0.15, 0.2) is 66.7 Å². The van der Waals surface area contributed by atoms with Gasteiger partial charge < -0.3 is 46.6 Å². The van der Waals surface area contributed by atoms with Crippen molar-refractivity contribution in [3.63, 3.8) is 0 Å². The lowest BCUT2D eigenvalue weighted by atomic mass is 9.86. The molecule has 5 aliphatic rings. The number of imide groups is 2. The second kappa shape index (κ2) is 26.8. The smallest absolute Gasteiger partial charge is 0.371 e. The largest absolute Gasteiger partial charge is 0.399 e. The van der Waals surface area contributed by atoms with Crippen LogP contribution in [-0.2, 0) is 55.6 Å². The van der Waals surface area contributed by atoms with Crippen LogP contribution in [0.1, 0.15) is 132 Å². The average molecular weight is 1280 g/mol. The average Bonchev–Trinajstić information content (AvgIpc) is 1.76. The van der Waals surface area contributed by atoms with E-state index in [2.05, 4.69) is 26.6 Å². The van der Waals surface area contributed by atoms with E-state index in [1.807, 2.05) is 49.9 Å². The minimum absolute atomic E-state index is 0.00217. The Morgan fingerprint density at radius 1 is 0.831 bits per heavy atom. The molecule has 4 fully saturated rings. The fourth-order valence-electron chi connectivity index (χ4n) is 12.3. The Kier molecular flexibility index (Phi) is 19.8. The highest BCUT2D eigenvalue weighted by Gasteiger charge is 2.51. The molecule has 1 aromatic heterocycles. The van der Waals surface area contributed by atoms with E-state index in [1.165, 1.54) is 21.9 Å². The number of amides is 10. The molecular formula is C60H71F4N10O13PS. The Hall–Kier alpha value is -7.65. The predicted molar refractivity (Wildman–Crippen MR) is 317 cm³/mol. The van der Waals surface area contributed by atoms with Gasteiger partial charge in [-0.1, -0.05) is 57.2 Å². The second-order valence-electron chi connectivity index (χ2n) is 24.3. The lowest BCUT2D eigenvalue weighted by Crippen LogP contribution is -2.62. The maximum atomic E-state index is 14.7. The van der Waals surface area contributed by atoms with Crippen LogP contribution in [-0.4, -0.2) is 166 Å². The molecule has 4 saturated heterocycles. The number of hydrogen-bond acceptors (Lipinski definition) is 14. The summed E-state index contributed by atoms with van der Waals surface area (Å²) < 4.78 is 69.0. The van der Waals surface area contributed by atoms with Crippen LogP contribution in [0.4, 0.5) is 23.2 Å². The molecule has 0 radical (unpaired) electrons. The van der Waals surface area contributed by atoms with Crippen molar-refractivity contribution in [3.8, 4) is 0 Å². The van der Waals surface area contributed by atoms with Gasteiger partial charge in [0.05, 0.1) is 28.2 Å². The van der Waals surface area contributed by atoms with Gasteiger partial charge in [-0.25, -0.2) is 8.78 Å². The molecule has 1 unspecified atom stereocenters. The van der Waals surface area contributed by atoms with Gasteiger partial charge in [-0.05, 0) is 110 Å². The molecule has 9 rings (SSSR count). The number of alkyl halides is 4. The predicted octanol–water partition coefficient (Wildman–Crippen LogP) is 4.16. The van der Waals surface area contributed by atoms with Crippen molar-refractivity contribution in [1.82, 2.24) is 41.3 Å². The number of nitrogens with one attached hydrogen (secondary N) is 5. The highest BCUT2D eigenvalue weighted by Crippen LogP contribution is 2.59. The number of halogens is 4. The Bertz CT molecular complexity index is 3500. The molecule has 0 aliphatic carbocycles. The summed E-state index contributed by atoms with van der Waals surface area (Å²) in [5.74, 6) is -7.08. The summed E-state index contributed by atoms with van der Waals surface area (Å²) in [5.41, 5.74) is 2.39. The lowest BCUT2D eigenvalue weighted by Gasteiger charge is -2.38. The SMILES string of the molecule is CC(C)(C)c1ccc(C[C@H](NC(=O)[C@H](CCC(N)=O)NC(=O)[C@@H]2CC[C@@H]3CCN(CC(F)F)C[C@H](NC(=O)c4cc5cc(C(F)(F)P(=O)(O)O)ccc5s4)C(=O)N32)C(=O)NCCC2CCN(c3cccc4c3C(=O)N(C3CCC(=O)NC3=O)C4=O)CC2)cc1. The Morgan fingerprint density at radius 2 is 1.54 bits per heavy atom. The van der Waals surface area contributed by atoms with E-state index in [4.69, 9.17) is 5.73 Å². The number of rotatable bonds is 21. The van der Waals surface area contributed by atoms with Crippen molar-refractivity contribution in [2.24, 2.45) is 11.7 Å². The highest BCUT2D eigenvalue weighted by atomic mass is 32.1. The van der Waals surface area contributed by atoms with Gasteiger partial charge in [0.15, 0.2) is 0 Å². The first-order valence-electron chi connectivity index (χ1n) is 29.5. The maximum absolute atomic E-state index is 14.7. The molecule has 0 spiro atoms. The first kappa shape index (κ1) is 65.8. The number of primary amides is 1. The number of benzene rings is 3. The summed E-state index contributed by atoms with van der Waals surface area (Å²) in [6.45, 7) is 6.13. The topological polar surface area (TPSA) is 327 Å². The number of anilines is 1. The molecule has 6 heterocycles. The van der Waals surface area contributed by atoms with Crippen LogP contribution < -0.4 is 37.2 Å². The number of piperidine rings is 2. The van der Waals surface area contributed by atoms with Gasteiger partial charge in [-0.15, -0.1) is 11.3 Å². The molecule has 89 heavy (non-hydrogen) atoms. The standard InChI is InChI=1S/C60H71F4N10O13PS/c1-59(2,3)35-9-7-33(8-10-35)27-40(51(77)66-23-19-32-20-25-72(26-21-32)42-6-4-5-38-50(42)58(84)74(56(38)82)44-15-18-49(76)70-54(44)80)68-52(78)39(13-17-48(65)75)67-53(79)43-14-12-37-22-24-71(31-47(61)62)30-41(57(83)73(37)43)69-55(81)46-29-34-28-36(11-16-45(34)89-46)60(63,64)88(85,86)87/h4-11,16,28-29,32,37,39-41,43-44,47H,12-15,17-27,30-31H2,1-3H3,(H2,65,75)(H,66,77)(H,67,79)(H,68,78)(H,69,81)(H,70,76,80)(H2,85,86,87)/t37-,39+,40+,41+,43+,44?/m1/s1. The number of carbonyl (C=O) groups excluding carboxylic acids is 10. The molecule has 4 aromatic rings. The number of nitrogens with two attached hydrogens (primary N) is 1. The van der Waals surface area contributed by atoms with Crippen LogP contribution in [0, 0.1) is 5.92 Å². The number of carbonyl (C=O) groups is 10. The summed E-state index contributed by atoms with van der Waals surface area (Å²) in [6, 6.07) is 9.04. The molecule has 10 amide bonds. The molecule has 478 valence electrons. The number of hydrogen-bond donors (Lipinski definition) is 8. The van der Waals surface area contributed by atoms with E-state index in [0.717, 1.165) is 40.0 Å². The maximum Gasteiger partial charge on any atom is 0.399 e. The number of nitrogens with zero attached hydrogens (tertiary/aromatic N) is 4. The molecule has 9 N–H and O–H groups in total. The van der Waals surface area contributed by atoms with Gasteiger partial charge in [0.1, 0.15) is 30.2 Å². The Balaban J connectivity index is 0.872. The Morgan fingerprint density at radius 3 is 2.20 bits per heavy atom. The summed E-state index contributed by atoms with van der Waals surface area (Å²) in [7, 11) is -5.94. The molecule has 3 aromatic carbocycles. The van der Waals surface area contributed by atoms with Crippen LogP contribution in [0.2, 0.25) is 0 Å². The summed E-state index contributed by atoms with van der Waals surface area (Å²) in [4.78, 5) is 160. The van der Waals surface area contributed by atoms with E-state index in [9.17, 15) is 79.9 Å². The van der Waals surface area contributed by atoms with Crippen molar-refractivity contribution in [3.05, 3.63) is 99.4 Å². The first-order chi connectivity index (χ1) is 42.0. The molecular weight excluding hydrogens is 1210 g/mol. The first-order valence-corrected chi connectivity index (χ1v) is 31.9. The van der Waals surface area contributed by atoms with E-state index in [-0.39, 0.29) is 102 Å². The third-order valence-electron chi connectivity index (χ3n) is 17.2. The van der Waals surface area contributed by atoms with Crippen LogP contribution in [0.25, 0.3) is 10.1 Å². The quantitative estimate of drug-likeness (QED) is 0.0330. The van der Waals surface area contributed by atoms with Crippen molar-refractivity contribution in [2.45, 2.75) is 145 Å². The van der Waals surface area contributed by atoms with Crippen molar-refractivity contribution >= 4 is 93.8 Å². The number of thiophene rings is 1. The summed E-state index contributed by atoms with van der Waals surface area (Å²) >= 11 is 0.805. The van der Waals surface area contributed by atoms with Crippen molar-refractivity contribution in [2.75, 3.05) is 44.2 Å². The normalized spacial score (nSPS) is 21.2. The van der Waals surface area contributed by atoms with Gasteiger partial charge in [0.25, 0.3) is 24.1 Å². The molecule has 29 heteroatoms. The van der Waals surface area contributed by atoms with Crippen LogP contribution >= 0.6 is 18.9 Å². The zero-order valence-corrected chi connectivity index (χ0v) is 50.8. The van der Waals surface area contributed by atoms with Crippen molar-refractivity contribution in [1.29, 1.82) is 0 Å². The molecule has 0 bridgehead atoms. The fraction of sp³-hybridized carbons (Fsp3) is 0.500. The zero-order valence-electron chi connectivity index (χ0n) is 49.1. The van der Waals surface area contributed by atoms with Gasteiger partial charge in [0.2, 0.25) is 41.4 Å². The van der Waals surface area contributed by atoms with Gasteiger partial charge in [-0.2, -0.15) is 8.78 Å². The third kappa shape index (κ3) is 14.8. The van der Waals surface area contributed by atoms with Crippen molar-refractivity contribution < 1.29 is 79.9 Å². The monoisotopic (exact) mass is 1280 g/mol. The highest BCUT2D eigenvalue weighted by molar-refractivity contribution is 7.52. The molecule has 6 atom stereocenters. The van der Waals surface area contributed by atoms with E-state index in [1.54, 1.807) is 12.1 Å². The molecule has 5 aliphatic heterocycles. The van der Waals surface area contributed by atoms with E-state index >= 15 is 0 Å². The molecule has 23 nitrogen and oxygen atoms in total. The summed E-state index contributed by atoms with van der Waals surface area (Å²) in [6.07, 6.45) is -1.33. The van der Waals surface area contributed by atoms with Crippen LogP contribution in [0.3, 0.4) is 0 Å². The van der Waals surface area contributed by atoms with E-state index < -0.39 is 134 Å². The second-order valence-corrected chi connectivity index (χ2v) is 27.1. The minimum Gasteiger partial charge on any atom is -0.371 e. The Labute approximate surface area is 513 Å². The van der Waals surface area contributed by atoms with Gasteiger partial charge >= 0.3 is 13.3 Å². The van der Waals surface area contributed by atoms with Gasteiger partial charge in [0, 0.05) is 68.3 Å². The fourth-order valence-corrected chi connectivity index (χ4v) is 13.8. The lowest BCUT2D eigenvalue weighted by molar-refractivity contribution is -0.144. The van der Waals surface area contributed by atoms with E-state index in [0.29, 0.717) is 43.6 Å².